The normalized spacial score (nSPS) is 18.5. The molecule has 0 aliphatic carbocycles. The largest absolute Gasteiger partial charge is 0.317 e. The molecule has 0 aliphatic rings. The van der Waals surface area contributed by atoms with Crippen LogP contribution in [0.3, 0.4) is 0 Å². The smallest absolute Gasteiger partial charge is 0.0311 e. The van der Waals surface area contributed by atoms with Gasteiger partial charge >= 0.3 is 0 Å². The molecular formula is C10H25NSi. The molecule has 74 valence electrons. The summed E-state index contributed by atoms with van der Waals surface area (Å²) in [4.78, 5) is 0. The van der Waals surface area contributed by atoms with Gasteiger partial charge in [0.05, 0.1) is 0 Å². The second kappa shape index (κ2) is 5.03. The number of hydrogen-bond donors (Lipinski definition) is 1. The van der Waals surface area contributed by atoms with Crippen molar-refractivity contribution in [3.05, 3.63) is 0 Å². The average molecular weight is 187 g/mol. The average Bonchev–Trinajstić information content (AvgIpc) is 1.97. The minimum atomic E-state index is 0.0427. The maximum atomic E-state index is 3.37. The van der Waals surface area contributed by atoms with Gasteiger partial charge < -0.3 is 5.32 Å². The minimum Gasteiger partial charge on any atom is -0.317 e. The molecule has 0 fully saturated rings. The fourth-order valence-electron chi connectivity index (χ4n) is 1.70. The Hall–Kier alpha value is 0.177. The highest BCUT2D eigenvalue weighted by molar-refractivity contribution is 6.41. The Morgan fingerprint density at radius 3 is 2.08 bits per heavy atom. The SMILES string of the molecule is CCC([SiH2]C(C)(C)C)C(C)NC. The van der Waals surface area contributed by atoms with E-state index in [1.165, 1.54) is 6.42 Å². The van der Waals surface area contributed by atoms with Gasteiger partial charge in [-0.15, -0.1) is 0 Å². The quantitative estimate of drug-likeness (QED) is 0.665. The number of hydrogen-bond acceptors (Lipinski definition) is 1. The summed E-state index contributed by atoms with van der Waals surface area (Å²) in [6, 6.07) is 0.709. The Kier molecular flexibility index (Phi) is 5.10. The Balaban J connectivity index is 3.99. The van der Waals surface area contributed by atoms with Gasteiger partial charge in [0, 0.05) is 15.6 Å². The van der Waals surface area contributed by atoms with Gasteiger partial charge in [0.2, 0.25) is 0 Å². The molecule has 0 aromatic carbocycles. The summed E-state index contributed by atoms with van der Waals surface area (Å²) in [6.45, 7) is 11.8. The van der Waals surface area contributed by atoms with Gasteiger partial charge in [0.1, 0.15) is 0 Å². The topological polar surface area (TPSA) is 12.0 Å². The maximum Gasteiger partial charge on any atom is 0.0311 e. The van der Waals surface area contributed by atoms with Crippen molar-refractivity contribution in [3.8, 4) is 0 Å². The van der Waals surface area contributed by atoms with Crippen LogP contribution in [0.5, 0.6) is 0 Å². The van der Waals surface area contributed by atoms with E-state index in [-0.39, 0.29) is 9.52 Å². The second-order valence-electron chi connectivity index (χ2n) is 5.01. The van der Waals surface area contributed by atoms with Crippen molar-refractivity contribution in [2.45, 2.75) is 57.7 Å². The summed E-state index contributed by atoms with van der Waals surface area (Å²) >= 11 is 0. The lowest BCUT2D eigenvalue weighted by molar-refractivity contribution is 0.539. The van der Waals surface area contributed by atoms with Crippen LogP contribution >= 0.6 is 0 Å². The molecule has 1 nitrogen and oxygen atoms in total. The van der Waals surface area contributed by atoms with Gasteiger partial charge in [0.15, 0.2) is 0 Å². The molecule has 1 N–H and O–H groups in total. The van der Waals surface area contributed by atoms with E-state index >= 15 is 0 Å². The predicted octanol–water partition coefficient (Wildman–Crippen LogP) is 2.18. The van der Waals surface area contributed by atoms with Gasteiger partial charge in [-0.1, -0.05) is 34.1 Å². The van der Waals surface area contributed by atoms with Crippen LogP contribution in [0.15, 0.2) is 0 Å². The van der Waals surface area contributed by atoms with Crippen molar-refractivity contribution >= 4 is 9.52 Å². The first-order valence-electron chi connectivity index (χ1n) is 5.08. The summed E-state index contributed by atoms with van der Waals surface area (Å²) in [7, 11) is 2.12. The third-order valence-corrected chi connectivity index (χ3v) is 5.59. The van der Waals surface area contributed by atoms with Crippen LogP contribution in [0.4, 0.5) is 0 Å². The fourth-order valence-corrected chi connectivity index (χ4v) is 4.15. The van der Waals surface area contributed by atoms with Gasteiger partial charge in [-0.2, -0.15) is 0 Å². The zero-order valence-electron chi connectivity index (χ0n) is 9.57. The third-order valence-electron chi connectivity index (χ3n) is 2.56. The molecule has 0 aromatic heterocycles. The van der Waals surface area contributed by atoms with E-state index in [4.69, 9.17) is 0 Å². The summed E-state index contributed by atoms with van der Waals surface area (Å²) in [5.74, 6) is 0. The molecular weight excluding hydrogens is 162 g/mol. The van der Waals surface area contributed by atoms with Crippen molar-refractivity contribution in [1.82, 2.24) is 5.32 Å². The highest BCUT2D eigenvalue weighted by Gasteiger charge is 2.21. The van der Waals surface area contributed by atoms with E-state index in [0.717, 1.165) is 5.54 Å². The highest BCUT2D eigenvalue weighted by Crippen LogP contribution is 2.29. The van der Waals surface area contributed by atoms with Crippen LogP contribution in [0.25, 0.3) is 0 Å². The van der Waals surface area contributed by atoms with Crippen molar-refractivity contribution in [2.24, 2.45) is 0 Å². The van der Waals surface area contributed by atoms with Crippen LogP contribution in [0, 0.1) is 0 Å². The lowest BCUT2D eigenvalue weighted by atomic mass is 10.2. The highest BCUT2D eigenvalue weighted by atomic mass is 28.2. The van der Waals surface area contributed by atoms with E-state index < -0.39 is 0 Å². The summed E-state index contributed by atoms with van der Waals surface area (Å²) in [6.07, 6.45) is 1.34. The summed E-state index contributed by atoms with van der Waals surface area (Å²) < 4.78 is 0. The Morgan fingerprint density at radius 2 is 1.83 bits per heavy atom. The first-order valence-corrected chi connectivity index (χ1v) is 6.60. The predicted molar refractivity (Wildman–Crippen MR) is 60.8 cm³/mol. The van der Waals surface area contributed by atoms with Crippen molar-refractivity contribution in [3.63, 3.8) is 0 Å². The van der Waals surface area contributed by atoms with Crippen molar-refractivity contribution in [1.29, 1.82) is 0 Å². The fraction of sp³-hybridized carbons (Fsp3) is 1.00. The molecule has 0 bridgehead atoms. The molecule has 2 heteroatoms. The summed E-state index contributed by atoms with van der Waals surface area (Å²) in [5, 5.41) is 3.98. The van der Waals surface area contributed by atoms with Crippen LogP contribution < -0.4 is 5.32 Å². The zero-order chi connectivity index (χ0) is 9.78. The van der Waals surface area contributed by atoms with E-state index in [9.17, 15) is 0 Å². The molecule has 0 radical (unpaired) electrons. The number of rotatable bonds is 4. The van der Waals surface area contributed by atoms with Crippen molar-refractivity contribution in [2.75, 3.05) is 7.05 Å². The van der Waals surface area contributed by atoms with Crippen LogP contribution in [0.1, 0.15) is 41.0 Å². The lowest BCUT2D eigenvalue weighted by Crippen LogP contribution is -2.32. The Morgan fingerprint density at radius 1 is 1.33 bits per heavy atom. The molecule has 0 heterocycles. The molecule has 0 saturated carbocycles. The Labute approximate surface area is 80.1 Å². The molecule has 2 unspecified atom stereocenters. The molecule has 2 atom stereocenters. The van der Waals surface area contributed by atoms with E-state index in [1.807, 2.05) is 0 Å². The molecule has 0 rings (SSSR count). The summed E-state index contributed by atoms with van der Waals surface area (Å²) in [5.41, 5.74) is 0.954. The van der Waals surface area contributed by atoms with Crippen LogP contribution in [-0.4, -0.2) is 22.6 Å². The molecule has 0 aromatic rings. The van der Waals surface area contributed by atoms with Gasteiger partial charge in [-0.25, -0.2) is 0 Å². The molecule has 0 aliphatic heterocycles. The Bertz CT molecular complexity index is 117. The molecule has 0 spiro atoms. The van der Waals surface area contributed by atoms with E-state index in [0.29, 0.717) is 11.1 Å². The monoisotopic (exact) mass is 187 g/mol. The maximum absolute atomic E-state index is 3.37. The second-order valence-corrected chi connectivity index (χ2v) is 8.59. The zero-order valence-corrected chi connectivity index (χ0v) is 11.0. The van der Waals surface area contributed by atoms with Gasteiger partial charge in [0.25, 0.3) is 0 Å². The van der Waals surface area contributed by atoms with Crippen LogP contribution in [0.2, 0.25) is 10.6 Å². The third kappa shape index (κ3) is 4.94. The first kappa shape index (κ1) is 12.2. The minimum absolute atomic E-state index is 0.0427. The number of nitrogens with one attached hydrogen (secondary N) is 1. The molecule has 0 amide bonds. The van der Waals surface area contributed by atoms with Crippen LogP contribution in [-0.2, 0) is 0 Å². The lowest BCUT2D eigenvalue weighted by Gasteiger charge is -2.28. The molecule has 0 saturated heterocycles. The van der Waals surface area contributed by atoms with Crippen molar-refractivity contribution < 1.29 is 0 Å². The van der Waals surface area contributed by atoms with E-state index in [2.05, 4.69) is 47.0 Å². The van der Waals surface area contributed by atoms with E-state index in [1.54, 1.807) is 0 Å². The van der Waals surface area contributed by atoms with Gasteiger partial charge in [-0.3, -0.25) is 0 Å². The first-order chi connectivity index (χ1) is 5.40. The van der Waals surface area contributed by atoms with Gasteiger partial charge in [-0.05, 0) is 24.6 Å². The molecule has 12 heavy (non-hydrogen) atoms. The standard InChI is InChI=1S/C10H25NSi/c1-7-9(8(2)11-6)12-10(3,4)5/h8-9,11H,7,12H2,1-6H3.